The van der Waals surface area contributed by atoms with Crippen molar-refractivity contribution in [3.63, 3.8) is 0 Å². The van der Waals surface area contributed by atoms with E-state index in [1.54, 1.807) is 0 Å². The minimum atomic E-state index is -4.39. The number of hydrogen-bond acceptors (Lipinski definition) is 8. The summed E-state index contributed by atoms with van der Waals surface area (Å²) in [6.45, 7) is 3.77. The number of ether oxygens (including phenoxy) is 2. The Bertz CT molecular complexity index is 1480. The van der Waals surface area contributed by atoms with Crippen LogP contribution >= 0.6 is 7.82 Å². The van der Waals surface area contributed by atoms with Crippen molar-refractivity contribution in [3.8, 4) is 0 Å². The molecule has 0 aromatic heterocycles. The highest BCUT2D eigenvalue weighted by molar-refractivity contribution is 7.47. The summed E-state index contributed by atoms with van der Waals surface area (Å²) in [7, 11) is -4.39. The smallest absolute Gasteiger partial charge is 0.462 e. The molecule has 10 heteroatoms. The first-order valence-electron chi connectivity index (χ1n) is 33.8. The molecule has 9 nitrogen and oxygen atoms in total. The Labute approximate surface area is 489 Å². The summed E-state index contributed by atoms with van der Waals surface area (Å²) in [5, 5.41) is 0. The van der Waals surface area contributed by atoms with E-state index in [1.807, 2.05) is 0 Å². The highest BCUT2D eigenvalue weighted by Gasteiger charge is 2.26. The number of rotatable bonds is 64. The summed E-state index contributed by atoms with van der Waals surface area (Å²) in [5.41, 5.74) is 5.40. The quantitative estimate of drug-likeness (QED) is 0.0264. The minimum absolute atomic E-state index is 0.0535. The van der Waals surface area contributed by atoms with Gasteiger partial charge in [0.1, 0.15) is 6.61 Å². The second-order valence-corrected chi connectivity index (χ2v) is 24.1. The van der Waals surface area contributed by atoms with E-state index in [0.29, 0.717) is 6.42 Å². The molecule has 79 heavy (non-hydrogen) atoms. The summed E-state index contributed by atoms with van der Waals surface area (Å²) in [5.74, 6) is -0.814. The first-order chi connectivity index (χ1) is 38.8. The molecule has 0 radical (unpaired) electrons. The lowest BCUT2D eigenvalue weighted by Crippen LogP contribution is -2.29. The van der Waals surface area contributed by atoms with Crippen LogP contribution < -0.4 is 5.73 Å². The number of phosphoric ester groups is 1. The largest absolute Gasteiger partial charge is 0.472 e. The predicted octanol–water partition coefficient (Wildman–Crippen LogP) is 21.9. The molecule has 0 aliphatic carbocycles. The molecule has 2 atom stereocenters. The Morgan fingerprint density at radius 2 is 0.658 bits per heavy atom. The molecular weight excluding hydrogens is 1000 g/mol. The maximum Gasteiger partial charge on any atom is 0.472 e. The lowest BCUT2D eigenvalue weighted by atomic mass is 10.0. The normalized spacial score (nSPS) is 13.3. The van der Waals surface area contributed by atoms with Crippen LogP contribution in [0.25, 0.3) is 0 Å². The Balaban J connectivity index is 3.88. The van der Waals surface area contributed by atoms with Crippen molar-refractivity contribution in [1.82, 2.24) is 0 Å². The topological polar surface area (TPSA) is 134 Å². The number of allylic oxidation sites excluding steroid dienone is 10. The second kappa shape index (κ2) is 64.9. The minimum Gasteiger partial charge on any atom is -0.462 e. The van der Waals surface area contributed by atoms with E-state index in [4.69, 9.17) is 24.3 Å². The van der Waals surface area contributed by atoms with Gasteiger partial charge in [-0.25, -0.2) is 4.57 Å². The van der Waals surface area contributed by atoms with Crippen molar-refractivity contribution >= 4 is 19.8 Å². The molecule has 0 aliphatic rings. The van der Waals surface area contributed by atoms with Gasteiger partial charge in [-0.3, -0.25) is 18.6 Å². The average Bonchev–Trinajstić information content (AvgIpc) is 3.44. The van der Waals surface area contributed by atoms with Gasteiger partial charge in [-0.15, -0.1) is 0 Å². The zero-order chi connectivity index (χ0) is 57.3. The molecule has 2 unspecified atom stereocenters. The summed E-state index contributed by atoms with van der Waals surface area (Å²) in [4.78, 5) is 35.3. The molecule has 0 amide bonds. The van der Waals surface area contributed by atoms with E-state index >= 15 is 0 Å². The Kier molecular flexibility index (Phi) is 63.0. The number of carbonyl (C=O) groups is 2. The van der Waals surface area contributed by atoms with Crippen LogP contribution in [-0.4, -0.2) is 49.3 Å². The SMILES string of the molecule is CCCCCCC/C=C\C/C=C\C/C=C\CCCCCCCCCCCCCCCCCCC(=O)OC(COC(=O)CCCCCCCCCCCCCCCCC/C=C\C/C=C\CCCCCCC)COP(=O)(O)OCCN. The molecule has 3 N–H and O–H groups in total. The van der Waals surface area contributed by atoms with Gasteiger partial charge in [0.15, 0.2) is 6.10 Å². The van der Waals surface area contributed by atoms with E-state index in [-0.39, 0.29) is 38.6 Å². The fourth-order valence-corrected chi connectivity index (χ4v) is 10.6. The van der Waals surface area contributed by atoms with E-state index in [1.165, 1.54) is 244 Å². The van der Waals surface area contributed by atoms with Crippen molar-refractivity contribution < 1.29 is 37.6 Å². The Morgan fingerprint density at radius 1 is 0.380 bits per heavy atom. The van der Waals surface area contributed by atoms with Crippen LogP contribution in [-0.2, 0) is 32.7 Å². The van der Waals surface area contributed by atoms with Crippen LogP contribution in [0, 0.1) is 0 Å². The van der Waals surface area contributed by atoms with Gasteiger partial charge in [-0.05, 0) is 83.5 Å². The average molecular weight is 1130 g/mol. The van der Waals surface area contributed by atoms with E-state index < -0.39 is 26.5 Å². The van der Waals surface area contributed by atoms with Gasteiger partial charge in [0.2, 0.25) is 0 Å². The molecule has 0 saturated carbocycles. The summed E-state index contributed by atoms with van der Waals surface area (Å²) in [6.07, 6.45) is 83.0. The summed E-state index contributed by atoms with van der Waals surface area (Å²) >= 11 is 0. The highest BCUT2D eigenvalue weighted by atomic mass is 31.2. The molecule has 462 valence electrons. The van der Waals surface area contributed by atoms with Crippen molar-refractivity contribution in [2.45, 2.75) is 341 Å². The Morgan fingerprint density at radius 3 is 0.975 bits per heavy atom. The molecule has 0 spiro atoms. The van der Waals surface area contributed by atoms with Crippen LogP contribution in [0.1, 0.15) is 335 Å². The molecule has 0 heterocycles. The summed E-state index contributed by atoms with van der Waals surface area (Å²) in [6, 6.07) is 0. The van der Waals surface area contributed by atoms with Gasteiger partial charge in [-0.1, -0.05) is 299 Å². The van der Waals surface area contributed by atoms with E-state index in [2.05, 4.69) is 74.6 Å². The molecule has 0 fully saturated rings. The van der Waals surface area contributed by atoms with Crippen LogP contribution in [0.2, 0.25) is 0 Å². The van der Waals surface area contributed by atoms with Gasteiger partial charge >= 0.3 is 19.8 Å². The molecule has 0 aromatic carbocycles. The first-order valence-corrected chi connectivity index (χ1v) is 35.3. The van der Waals surface area contributed by atoms with Crippen LogP contribution in [0.3, 0.4) is 0 Å². The standard InChI is InChI=1S/C69H128NO8P/c1-3-5-7-9-11-13-15-17-19-21-23-25-27-29-31-32-33-34-36-38-40-42-44-46-48-50-52-54-56-58-60-62-69(72)78-67(66-77-79(73,74)76-64-63-70)65-75-68(71)61-59-57-55-53-51-49-47-45-43-41-39-37-35-30-28-26-24-22-20-18-16-14-12-10-8-6-4-2/h15-18,21-24,27,29,67H,3-14,19-20,25-26,28,30-66,70H2,1-2H3,(H,73,74)/b17-15-,18-16-,23-21-,24-22-,29-27-. The van der Waals surface area contributed by atoms with Crippen molar-refractivity contribution in [1.29, 1.82) is 0 Å². The fourth-order valence-electron chi connectivity index (χ4n) is 9.85. The van der Waals surface area contributed by atoms with Gasteiger partial charge in [0.05, 0.1) is 13.2 Å². The number of nitrogens with two attached hydrogens (primary N) is 1. The lowest BCUT2D eigenvalue weighted by molar-refractivity contribution is -0.161. The number of unbranched alkanes of at least 4 members (excludes halogenated alkanes) is 41. The highest BCUT2D eigenvalue weighted by Crippen LogP contribution is 2.43. The zero-order valence-electron chi connectivity index (χ0n) is 51.9. The Hall–Kier alpha value is -2.29. The lowest BCUT2D eigenvalue weighted by Gasteiger charge is -2.19. The summed E-state index contributed by atoms with van der Waals surface area (Å²) < 4.78 is 33.2. The molecule has 0 saturated heterocycles. The third kappa shape index (κ3) is 64.7. The second-order valence-electron chi connectivity index (χ2n) is 22.7. The van der Waals surface area contributed by atoms with E-state index in [9.17, 15) is 19.0 Å². The van der Waals surface area contributed by atoms with Crippen molar-refractivity contribution in [2.75, 3.05) is 26.4 Å². The number of phosphoric acid groups is 1. The number of hydrogen-bond donors (Lipinski definition) is 2. The predicted molar refractivity (Wildman–Crippen MR) is 340 cm³/mol. The molecule has 0 aliphatic heterocycles. The van der Waals surface area contributed by atoms with Gasteiger partial charge in [0, 0.05) is 19.4 Å². The van der Waals surface area contributed by atoms with Crippen LogP contribution in [0.4, 0.5) is 0 Å². The maximum absolute atomic E-state index is 12.8. The first kappa shape index (κ1) is 76.7. The van der Waals surface area contributed by atoms with Crippen LogP contribution in [0.15, 0.2) is 60.8 Å². The van der Waals surface area contributed by atoms with Crippen LogP contribution in [0.5, 0.6) is 0 Å². The monoisotopic (exact) mass is 1130 g/mol. The molecular formula is C69H128NO8P. The third-order valence-electron chi connectivity index (χ3n) is 14.9. The zero-order valence-corrected chi connectivity index (χ0v) is 52.8. The fraction of sp³-hybridized carbons (Fsp3) is 0.826. The molecule has 0 rings (SSSR count). The van der Waals surface area contributed by atoms with Gasteiger partial charge < -0.3 is 20.1 Å². The number of carbonyl (C=O) groups excluding carboxylic acids is 2. The molecule has 0 aromatic rings. The van der Waals surface area contributed by atoms with Gasteiger partial charge in [0.25, 0.3) is 0 Å². The molecule has 0 bridgehead atoms. The van der Waals surface area contributed by atoms with Crippen molar-refractivity contribution in [2.24, 2.45) is 5.73 Å². The van der Waals surface area contributed by atoms with E-state index in [0.717, 1.165) is 57.8 Å². The third-order valence-corrected chi connectivity index (χ3v) is 15.9. The van der Waals surface area contributed by atoms with Crippen molar-refractivity contribution in [3.05, 3.63) is 60.8 Å². The number of esters is 2. The maximum atomic E-state index is 12.8. The van der Waals surface area contributed by atoms with Gasteiger partial charge in [-0.2, -0.15) is 0 Å².